The van der Waals surface area contributed by atoms with Crippen LogP contribution in [0.25, 0.3) is 0 Å². The van der Waals surface area contributed by atoms with Crippen molar-refractivity contribution in [2.75, 3.05) is 13.2 Å². The highest BCUT2D eigenvalue weighted by Crippen LogP contribution is 2.01. The SMILES string of the molecule is C#CC(C)NC(C)(CO)CO. The first-order valence-electron chi connectivity index (χ1n) is 3.53. The minimum atomic E-state index is -0.675. The van der Waals surface area contributed by atoms with Gasteiger partial charge in [0.05, 0.1) is 24.8 Å². The van der Waals surface area contributed by atoms with Crippen LogP contribution in [0.5, 0.6) is 0 Å². The van der Waals surface area contributed by atoms with E-state index in [4.69, 9.17) is 16.6 Å². The van der Waals surface area contributed by atoms with Crippen molar-refractivity contribution in [3.8, 4) is 12.3 Å². The Bertz CT molecular complexity index is 147. The van der Waals surface area contributed by atoms with Gasteiger partial charge in [-0.05, 0) is 13.8 Å². The highest BCUT2D eigenvalue weighted by Gasteiger charge is 2.22. The second-order valence-electron chi connectivity index (χ2n) is 2.91. The molecule has 3 N–H and O–H groups in total. The molecule has 0 bridgehead atoms. The van der Waals surface area contributed by atoms with Crippen molar-refractivity contribution < 1.29 is 10.2 Å². The molecule has 0 aromatic rings. The van der Waals surface area contributed by atoms with Gasteiger partial charge in [-0.2, -0.15) is 0 Å². The third kappa shape index (κ3) is 3.38. The molecule has 0 aliphatic heterocycles. The van der Waals surface area contributed by atoms with Crippen molar-refractivity contribution in [3.05, 3.63) is 0 Å². The van der Waals surface area contributed by atoms with Gasteiger partial charge in [0.25, 0.3) is 0 Å². The third-order valence-corrected chi connectivity index (χ3v) is 1.51. The second kappa shape index (κ2) is 4.35. The van der Waals surface area contributed by atoms with Crippen molar-refractivity contribution in [3.63, 3.8) is 0 Å². The molecule has 0 fully saturated rings. The number of hydrogen-bond donors (Lipinski definition) is 3. The van der Waals surface area contributed by atoms with Crippen LogP contribution in [0.1, 0.15) is 13.8 Å². The second-order valence-corrected chi connectivity index (χ2v) is 2.91. The lowest BCUT2D eigenvalue weighted by Gasteiger charge is -2.28. The molecule has 3 heteroatoms. The number of terminal acetylenes is 1. The highest BCUT2D eigenvalue weighted by atomic mass is 16.3. The molecule has 11 heavy (non-hydrogen) atoms. The van der Waals surface area contributed by atoms with E-state index in [-0.39, 0.29) is 19.3 Å². The van der Waals surface area contributed by atoms with Gasteiger partial charge in [0.2, 0.25) is 0 Å². The van der Waals surface area contributed by atoms with E-state index in [2.05, 4.69) is 11.2 Å². The van der Waals surface area contributed by atoms with Crippen molar-refractivity contribution in [2.45, 2.75) is 25.4 Å². The summed E-state index contributed by atoms with van der Waals surface area (Å²) in [6, 6.07) is -0.140. The number of nitrogens with one attached hydrogen (secondary N) is 1. The topological polar surface area (TPSA) is 52.5 Å². The van der Waals surface area contributed by atoms with Crippen molar-refractivity contribution >= 4 is 0 Å². The van der Waals surface area contributed by atoms with Crippen LogP contribution in [0, 0.1) is 12.3 Å². The standard InChI is InChI=1S/C8H15NO2/c1-4-7(2)9-8(3,5-10)6-11/h1,7,9-11H,5-6H2,2-3H3. The zero-order valence-electron chi connectivity index (χ0n) is 6.96. The first-order chi connectivity index (χ1) is 5.08. The van der Waals surface area contributed by atoms with Crippen molar-refractivity contribution in [1.82, 2.24) is 5.32 Å². The van der Waals surface area contributed by atoms with Gasteiger partial charge >= 0.3 is 0 Å². The van der Waals surface area contributed by atoms with Gasteiger partial charge in [-0.15, -0.1) is 6.42 Å². The molecule has 0 radical (unpaired) electrons. The Morgan fingerprint density at radius 1 is 1.55 bits per heavy atom. The molecule has 0 aromatic heterocycles. The van der Waals surface area contributed by atoms with Gasteiger partial charge < -0.3 is 10.2 Å². The maximum absolute atomic E-state index is 8.84. The van der Waals surface area contributed by atoms with Gasteiger partial charge in [0.15, 0.2) is 0 Å². The van der Waals surface area contributed by atoms with E-state index >= 15 is 0 Å². The summed E-state index contributed by atoms with van der Waals surface area (Å²) >= 11 is 0. The first kappa shape index (κ1) is 10.4. The Morgan fingerprint density at radius 2 is 2.00 bits per heavy atom. The fourth-order valence-electron chi connectivity index (χ4n) is 0.706. The quantitative estimate of drug-likeness (QED) is 0.475. The minimum Gasteiger partial charge on any atom is -0.394 e. The number of aliphatic hydroxyl groups is 2. The average molecular weight is 157 g/mol. The monoisotopic (exact) mass is 157 g/mol. The van der Waals surface area contributed by atoms with E-state index in [0.717, 1.165) is 0 Å². The molecule has 0 saturated carbocycles. The summed E-state index contributed by atoms with van der Waals surface area (Å²) in [4.78, 5) is 0. The minimum absolute atomic E-state index is 0.129. The van der Waals surface area contributed by atoms with E-state index < -0.39 is 5.54 Å². The summed E-state index contributed by atoms with van der Waals surface area (Å²) in [7, 11) is 0. The van der Waals surface area contributed by atoms with Crippen molar-refractivity contribution in [1.29, 1.82) is 0 Å². The predicted molar refractivity (Wildman–Crippen MR) is 44.0 cm³/mol. The fourth-order valence-corrected chi connectivity index (χ4v) is 0.706. The van der Waals surface area contributed by atoms with Crippen LogP contribution in [0.2, 0.25) is 0 Å². The smallest absolute Gasteiger partial charge is 0.0663 e. The Hall–Kier alpha value is -0.560. The van der Waals surface area contributed by atoms with Crippen LogP contribution in [0.4, 0.5) is 0 Å². The van der Waals surface area contributed by atoms with E-state index in [1.807, 2.05) is 0 Å². The maximum atomic E-state index is 8.84. The van der Waals surface area contributed by atoms with Crippen LogP contribution in [0.15, 0.2) is 0 Å². The molecule has 1 atom stereocenters. The zero-order valence-corrected chi connectivity index (χ0v) is 6.96. The normalized spacial score (nSPS) is 14.1. The number of rotatable bonds is 4. The first-order valence-corrected chi connectivity index (χ1v) is 3.53. The van der Waals surface area contributed by atoms with Gasteiger partial charge in [0, 0.05) is 0 Å². The molecule has 0 amide bonds. The van der Waals surface area contributed by atoms with Crippen LogP contribution < -0.4 is 5.32 Å². The van der Waals surface area contributed by atoms with Crippen LogP contribution >= 0.6 is 0 Å². The number of hydrogen-bond acceptors (Lipinski definition) is 3. The molecule has 0 aliphatic carbocycles. The van der Waals surface area contributed by atoms with E-state index in [0.29, 0.717) is 0 Å². The lowest BCUT2D eigenvalue weighted by Crippen LogP contribution is -2.52. The summed E-state index contributed by atoms with van der Waals surface area (Å²) in [5, 5.41) is 20.6. The van der Waals surface area contributed by atoms with Gasteiger partial charge in [-0.1, -0.05) is 5.92 Å². The Balaban J connectivity index is 3.99. The molecular weight excluding hydrogens is 142 g/mol. The Labute approximate surface area is 67.4 Å². The Kier molecular flexibility index (Phi) is 4.12. The van der Waals surface area contributed by atoms with Gasteiger partial charge in [-0.25, -0.2) is 0 Å². The van der Waals surface area contributed by atoms with Crippen molar-refractivity contribution in [2.24, 2.45) is 0 Å². The molecule has 3 nitrogen and oxygen atoms in total. The molecule has 0 saturated heterocycles. The Morgan fingerprint density at radius 3 is 2.27 bits per heavy atom. The third-order valence-electron chi connectivity index (χ3n) is 1.51. The lowest BCUT2D eigenvalue weighted by molar-refractivity contribution is 0.101. The summed E-state index contributed by atoms with van der Waals surface area (Å²) < 4.78 is 0. The van der Waals surface area contributed by atoms with Crippen LogP contribution in [-0.2, 0) is 0 Å². The van der Waals surface area contributed by atoms with Gasteiger partial charge in [0.1, 0.15) is 0 Å². The molecule has 0 spiro atoms. The molecule has 0 aromatic carbocycles. The van der Waals surface area contributed by atoms with Crippen LogP contribution in [-0.4, -0.2) is 35.0 Å². The number of aliphatic hydroxyl groups excluding tert-OH is 2. The highest BCUT2D eigenvalue weighted by molar-refractivity contribution is 4.99. The van der Waals surface area contributed by atoms with E-state index in [9.17, 15) is 0 Å². The van der Waals surface area contributed by atoms with Gasteiger partial charge in [-0.3, -0.25) is 5.32 Å². The van der Waals surface area contributed by atoms with Crippen LogP contribution in [0.3, 0.4) is 0 Å². The average Bonchev–Trinajstić information content (AvgIpc) is 2.04. The summed E-state index contributed by atoms with van der Waals surface area (Å²) in [5.41, 5.74) is -0.675. The molecule has 64 valence electrons. The largest absolute Gasteiger partial charge is 0.394 e. The van der Waals surface area contributed by atoms with E-state index in [1.165, 1.54) is 0 Å². The predicted octanol–water partition coefficient (Wildman–Crippen LogP) is -0.659. The molecule has 1 unspecified atom stereocenters. The maximum Gasteiger partial charge on any atom is 0.0663 e. The molecule has 0 rings (SSSR count). The molecule has 0 heterocycles. The van der Waals surface area contributed by atoms with E-state index in [1.54, 1.807) is 13.8 Å². The summed E-state index contributed by atoms with van der Waals surface area (Å²) in [6.45, 7) is 3.25. The molecular formula is C8H15NO2. The fraction of sp³-hybridized carbons (Fsp3) is 0.750. The zero-order chi connectivity index (χ0) is 8.91. The summed E-state index contributed by atoms with van der Waals surface area (Å²) in [5.74, 6) is 2.46. The lowest BCUT2D eigenvalue weighted by atomic mass is 10.0. The summed E-state index contributed by atoms with van der Waals surface area (Å²) in [6.07, 6.45) is 5.11. The molecule has 0 aliphatic rings.